The van der Waals surface area contributed by atoms with Crippen LogP contribution < -0.4 is 15.4 Å². The van der Waals surface area contributed by atoms with E-state index in [1.54, 1.807) is 11.8 Å². The van der Waals surface area contributed by atoms with Crippen LogP contribution in [0.25, 0.3) is 5.69 Å². The molecule has 2 aliphatic heterocycles. The molecule has 0 spiro atoms. The van der Waals surface area contributed by atoms with Crippen LogP contribution in [0.1, 0.15) is 81.7 Å². The lowest BCUT2D eigenvalue weighted by molar-refractivity contribution is -0.139. The van der Waals surface area contributed by atoms with Crippen LogP contribution in [0, 0.1) is 12.8 Å². The van der Waals surface area contributed by atoms with E-state index in [-0.39, 0.29) is 16.9 Å². The van der Waals surface area contributed by atoms with Crippen LogP contribution in [0.2, 0.25) is 0 Å². The Labute approximate surface area is 283 Å². The van der Waals surface area contributed by atoms with Crippen LogP contribution in [0.15, 0.2) is 78.9 Å². The largest absolute Gasteiger partial charge is 0.497 e. The average Bonchev–Trinajstić information content (AvgIpc) is 3.69. The summed E-state index contributed by atoms with van der Waals surface area (Å²) in [5, 5.41) is 10.9. The fourth-order valence-corrected chi connectivity index (χ4v) is 7.80. The van der Waals surface area contributed by atoms with Gasteiger partial charge in [-0.3, -0.25) is 10.1 Å². The fourth-order valence-electron chi connectivity index (χ4n) is 7.80. The Morgan fingerprint density at radius 3 is 2.23 bits per heavy atom. The summed E-state index contributed by atoms with van der Waals surface area (Å²) in [6.07, 6.45) is 7.02. The number of hydrogen-bond acceptors (Lipinski definition) is 4. The molecule has 250 valence electrons. The van der Waals surface area contributed by atoms with E-state index >= 15 is 0 Å². The molecule has 1 aromatic heterocycles. The first-order chi connectivity index (χ1) is 23.0. The molecule has 1 saturated carbocycles. The normalized spacial score (nSPS) is 21.1. The molecule has 3 aliphatic rings. The zero-order chi connectivity index (χ0) is 33.6. The quantitative estimate of drug-likeness (QED) is 0.202. The third-order valence-corrected chi connectivity index (χ3v) is 10.6. The smallest absolute Gasteiger partial charge is 0.324 e. The van der Waals surface area contributed by atoms with Crippen molar-refractivity contribution in [1.82, 2.24) is 14.7 Å². The average molecular weight is 646 g/mol. The second kappa shape index (κ2) is 12.5. The van der Waals surface area contributed by atoms with Gasteiger partial charge in [0.25, 0.3) is 0 Å². The Hall–Kier alpha value is -4.59. The summed E-state index contributed by atoms with van der Waals surface area (Å²) in [4.78, 5) is 29.6. The number of nitrogens with one attached hydrogen (secondary N) is 2. The predicted molar refractivity (Wildman–Crippen MR) is 190 cm³/mol. The Kier molecular flexibility index (Phi) is 8.30. The highest BCUT2D eigenvalue weighted by Crippen LogP contribution is 2.53. The number of rotatable bonds is 8. The summed E-state index contributed by atoms with van der Waals surface area (Å²) in [5.74, 6) is 2.28. The van der Waals surface area contributed by atoms with Crippen molar-refractivity contribution in [3.63, 3.8) is 0 Å². The van der Waals surface area contributed by atoms with Crippen molar-refractivity contribution in [2.75, 3.05) is 17.7 Å². The maximum atomic E-state index is 14.0. The van der Waals surface area contributed by atoms with E-state index in [1.807, 2.05) is 54.6 Å². The summed E-state index contributed by atoms with van der Waals surface area (Å²) >= 11 is 0. The number of fused-ring (bicyclic) bond motifs is 2. The van der Waals surface area contributed by atoms with Gasteiger partial charge in [-0.2, -0.15) is 5.10 Å². The van der Waals surface area contributed by atoms with Gasteiger partial charge in [0, 0.05) is 29.3 Å². The number of ether oxygens (including phenoxy) is 1. The lowest BCUT2D eigenvalue weighted by Crippen LogP contribution is -2.50. The lowest BCUT2D eigenvalue weighted by atomic mass is 9.84. The number of urea groups is 1. The number of methoxy groups -OCH3 is 1. The van der Waals surface area contributed by atoms with Crippen LogP contribution >= 0.6 is 0 Å². The molecular weight excluding hydrogens is 598 g/mol. The van der Waals surface area contributed by atoms with Crippen LogP contribution in [-0.4, -0.2) is 45.8 Å². The molecule has 2 saturated heterocycles. The van der Waals surface area contributed by atoms with Gasteiger partial charge in [0.15, 0.2) is 0 Å². The van der Waals surface area contributed by atoms with Gasteiger partial charge < -0.3 is 15.0 Å². The Morgan fingerprint density at radius 1 is 0.917 bits per heavy atom. The number of piperidine rings is 1. The van der Waals surface area contributed by atoms with Crippen LogP contribution in [0.3, 0.4) is 0 Å². The molecule has 2 N–H and O–H groups in total. The molecule has 7 rings (SSSR count). The molecule has 3 amide bonds. The molecule has 48 heavy (non-hydrogen) atoms. The number of carbonyl (C=O) groups is 2. The molecular formula is C40H47N5O3. The summed E-state index contributed by atoms with van der Waals surface area (Å²) < 4.78 is 7.14. The first-order valence-electron chi connectivity index (χ1n) is 17.3. The third kappa shape index (κ3) is 6.32. The fraction of sp³-hybridized carbons (Fsp3) is 0.425. The monoisotopic (exact) mass is 645 g/mol. The number of amides is 3. The van der Waals surface area contributed by atoms with Crippen LogP contribution in [0.4, 0.5) is 16.3 Å². The Balaban J connectivity index is 0.995. The van der Waals surface area contributed by atoms with E-state index < -0.39 is 0 Å². The van der Waals surface area contributed by atoms with Crippen molar-refractivity contribution in [3.8, 4) is 11.4 Å². The minimum Gasteiger partial charge on any atom is -0.497 e. The minimum atomic E-state index is -0.354. The van der Waals surface area contributed by atoms with Gasteiger partial charge >= 0.3 is 6.03 Å². The molecule has 8 nitrogen and oxygen atoms in total. The number of carbonyl (C=O) groups excluding carboxylic acids is 2. The number of aryl methyl sites for hydroxylation is 1. The molecule has 2 bridgehead atoms. The Bertz CT molecular complexity index is 1790. The van der Waals surface area contributed by atoms with Crippen molar-refractivity contribution >= 4 is 23.4 Å². The number of nitrogens with zero attached hydrogens (tertiary/aromatic N) is 3. The first-order valence-corrected chi connectivity index (χ1v) is 17.3. The van der Waals surface area contributed by atoms with Crippen molar-refractivity contribution in [2.45, 2.75) is 95.6 Å². The van der Waals surface area contributed by atoms with Crippen molar-refractivity contribution in [2.24, 2.45) is 5.92 Å². The zero-order valence-corrected chi connectivity index (χ0v) is 28.8. The van der Waals surface area contributed by atoms with Crippen molar-refractivity contribution in [3.05, 3.63) is 101 Å². The molecule has 2 unspecified atom stereocenters. The van der Waals surface area contributed by atoms with E-state index in [0.717, 1.165) is 78.9 Å². The molecule has 2 atom stereocenters. The van der Waals surface area contributed by atoms with Crippen LogP contribution in [0.5, 0.6) is 5.75 Å². The highest BCUT2D eigenvalue weighted by Gasteiger charge is 2.57. The highest BCUT2D eigenvalue weighted by molar-refractivity contribution is 5.99. The van der Waals surface area contributed by atoms with Gasteiger partial charge in [-0.05, 0) is 105 Å². The highest BCUT2D eigenvalue weighted by atomic mass is 16.5. The number of benzene rings is 3. The van der Waals surface area contributed by atoms with E-state index in [4.69, 9.17) is 9.84 Å². The molecule has 8 heteroatoms. The molecule has 4 aromatic rings. The lowest BCUT2D eigenvalue weighted by Gasteiger charge is -2.41. The van der Waals surface area contributed by atoms with Crippen molar-refractivity contribution in [1.29, 1.82) is 0 Å². The summed E-state index contributed by atoms with van der Waals surface area (Å²) in [7, 11) is 1.67. The first kappa shape index (κ1) is 32.0. The van der Waals surface area contributed by atoms with Gasteiger partial charge in [0.2, 0.25) is 5.91 Å². The maximum Gasteiger partial charge on any atom is 0.324 e. The molecule has 3 heterocycles. The molecule has 3 aromatic carbocycles. The summed E-state index contributed by atoms with van der Waals surface area (Å²) in [6.45, 7) is 8.40. The van der Waals surface area contributed by atoms with Gasteiger partial charge in [0.1, 0.15) is 11.6 Å². The third-order valence-electron chi connectivity index (χ3n) is 10.6. The van der Waals surface area contributed by atoms with E-state index in [0.29, 0.717) is 29.7 Å². The minimum absolute atomic E-state index is 0.171. The van der Waals surface area contributed by atoms with Crippen molar-refractivity contribution < 1.29 is 14.3 Å². The predicted octanol–water partition coefficient (Wildman–Crippen LogP) is 8.17. The Morgan fingerprint density at radius 2 is 1.60 bits per heavy atom. The summed E-state index contributed by atoms with van der Waals surface area (Å²) in [6, 6.07) is 26.6. The number of anilines is 2. The maximum absolute atomic E-state index is 14.0. The topological polar surface area (TPSA) is 88.5 Å². The van der Waals surface area contributed by atoms with E-state index in [2.05, 4.69) is 67.5 Å². The van der Waals surface area contributed by atoms with Gasteiger partial charge in [0.05, 0.1) is 23.9 Å². The van der Waals surface area contributed by atoms with Gasteiger partial charge in [-0.15, -0.1) is 0 Å². The molecule has 1 aliphatic carbocycles. The summed E-state index contributed by atoms with van der Waals surface area (Å²) in [5.41, 5.74) is 5.51. The zero-order valence-electron chi connectivity index (χ0n) is 28.8. The second-order valence-corrected chi connectivity index (χ2v) is 15.1. The standard InChI is InChI=1S/C40H47N5O3/c1-26-9-13-31(14-10-26)45-36(25-35(43-45)39(2,3)4)42-38(47)41-30-8-6-7-27(22-30)21-28-23-32-15-16-33(24-28)44(32)37(46)40(19-20-40)29-11-17-34(48-5)18-12-29/h6-14,17-18,22,25,28,32-33H,15-16,19-21,23-24H2,1-5H3,(H2,41,42,47). The molecule has 0 radical (unpaired) electrons. The van der Waals surface area contributed by atoms with Gasteiger partial charge in [-0.1, -0.05) is 62.7 Å². The second-order valence-electron chi connectivity index (χ2n) is 15.1. The van der Waals surface area contributed by atoms with Crippen LogP contribution in [-0.2, 0) is 22.0 Å². The van der Waals surface area contributed by atoms with E-state index in [9.17, 15) is 9.59 Å². The number of hydrogen-bond donors (Lipinski definition) is 2. The SMILES string of the molecule is COc1ccc(C2(C(=O)N3C4CCC3CC(Cc3cccc(NC(=O)Nc5cc(C(C)(C)C)nn5-c5ccc(C)cc5)c3)C4)CC2)cc1. The number of aromatic nitrogens is 2. The molecule has 3 fully saturated rings. The van der Waals surface area contributed by atoms with Gasteiger partial charge in [-0.25, -0.2) is 9.48 Å². The van der Waals surface area contributed by atoms with E-state index in [1.165, 1.54) is 5.56 Å².